The molecule has 2 heterocycles. The monoisotopic (exact) mass is 499 g/mol. The Labute approximate surface area is 202 Å². The minimum atomic E-state index is -4.57. The number of benzene rings is 2. The molecule has 10 heteroatoms. The Morgan fingerprint density at radius 2 is 1.80 bits per heavy atom. The molecule has 4 aromatic rings. The van der Waals surface area contributed by atoms with Crippen molar-refractivity contribution in [3.05, 3.63) is 83.1 Å². The number of halogens is 4. The number of fused-ring (bicyclic) bond motifs is 1. The number of nitrogens with one attached hydrogen (secondary N) is 1. The highest BCUT2D eigenvalue weighted by Crippen LogP contribution is 2.35. The first-order valence-corrected chi connectivity index (χ1v) is 10.7. The molecule has 0 spiro atoms. The van der Waals surface area contributed by atoms with E-state index in [9.17, 15) is 23.2 Å². The fraction of sp³-hybridized carbons (Fsp3) is 0.160. The average molecular weight is 500 g/mol. The van der Waals surface area contributed by atoms with Crippen LogP contribution in [0, 0.1) is 11.3 Å². The molecular formula is C25H17ClF3N3O3. The van der Waals surface area contributed by atoms with E-state index in [1.165, 1.54) is 24.3 Å². The van der Waals surface area contributed by atoms with E-state index in [1.54, 1.807) is 13.0 Å². The number of Topliss-reactive ketones (excluding diaryl/α,β-unsaturated/α-hetero) is 1. The number of aromatic nitrogens is 2. The maximum Gasteiger partial charge on any atom is 0.417 e. The third-order valence-electron chi connectivity index (χ3n) is 5.16. The van der Waals surface area contributed by atoms with Gasteiger partial charge in [0.2, 0.25) is 5.88 Å². The van der Waals surface area contributed by atoms with Gasteiger partial charge in [-0.2, -0.15) is 18.4 Å². The first-order valence-electron chi connectivity index (χ1n) is 10.3. The number of ether oxygens (including phenoxy) is 2. The number of hydrogen-bond donors (Lipinski definition) is 1. The summed E-state index contributed by atoms with van der Waals surface area (Å²) in [5, 5.41) is 10.2. The molecule has 2 aromatic carbocycles. The highest BCUT2D eigenvalue weighted by Gasteiger charge is 2.32. The number of H-pyrrole nitrogens is 1. The summed E-state index contributed by atoms with van der Waals surface area (Å²) in [6, 6.07) is 18.0. The fourth-order valence-corrected chi connectivity index (χ4v) is 3.59. The lowest BCUT2D eigenvalue weighted by Crippen LogP contribution is -2.29. The molecule has 1 N–H and O–H groups in total. The summed E-state index contributed by atoms with van der Waals surface area (Å²) in [5.41, 5.74) is 0.321. The normalized spacial score (nSPS) is 13.1. The maximum atomic E-state index is 12.9. The van der Waals surface area contributed by atoms with Crippen molar-refractivity contribution >= 4 is 28.3 Å². The minimum absolute atomic E-state index is 0.188. The molecule has 0 aliphatic rings. The van der Waals surface area contributed by atoms with Crippen molar-refractivity contribution in [3.63, 3.8) is 0 Å². The summed E-state index contributed by atoms with van der Waals surface area (Å²) in [4.78, 5) is 19.6. The van der Waals surface area contributed by atoms with E-state index in [-0.39, 0.29) is 16.7 Å². The van der Waals surface area contributed by atoms with Gasteiger partial charge in [0.15, 0.2) is 11.9 Å². The second kappa shape index (κ2) is 9.68. The number of carbonyl (C=O) groups excluding carboxylic acids is 1. The van der Waals surface area contributed by atoms with Crippen molar-refractivity contribution in [3.8, 4) is 23.4 Å². The minimum Gasteiger partial charge on any atom is -0.483 e. The molecule has 2 atom stereocenters. The molecule has 178 valence electrons. The first kappa shape index (κ1) is 24.1. The van der Waals surface area contributed by atoms with Gasteiger partial charge in [0.05, 0.1) is 11.6 Å². The Bertz CT molecular complexity index is 1380. The topological polar surface area (TPSA) is 88.0 Å². The van der Waals surface area contributed by atoms with Crippen LogP contribution in [0.3, 0.4) is 0 Å². The number of aromatic amines is 1. The van der Waals surface area contributed by atoms with E-state index in [4.69, 9.17) is 21.1 Å². The van der Waals surface area contributed by atoms with E-state index < -0.39 is 29.5 Å². The zero-order chi connectivity index (χ0) is 25.2. The van der Waals surface area contributed by atoms with Gasteiger partial charge in [-0.1, -0.05) is 29.8 Å². The number of para-hydroxylation sites is 1. The van der Waals surface area contributed by atoms with Gasteiger partial charge in [-0.05, 0) is 54.8 Å². The summed E-state index contributed by atoms with van der Waals surface area (Å²) in [5.74, 6) is -1.06. The highest BCUT2D eigenvalue weighted by atomic mass is 35.5. The number of nitrogens with zero attached hydrogens (tertiary/aromatic N) is 2. The maximum absolute atomic E-state index is 12.9. The van der Waals surface area contributed by atoms with Crippen LogP contribution in [-0.2, 0) is 11.0 Å². The summed E-state index contributed by atoms with van der Waals surface area (Å²) in [6.45, 7) is 1.55. The number of carbonyl (C=O) groups is 1. The SMILES string of the molecule is CC(Oc1ccc(Oc2ncc(C(F)(F)F)cc2Cl)cc1)C(=O)C(C#N)c1cc2ccccc2[nH]1. The molecular weight excluding hydrogens is 483 g/mol. The van der Waals surface area contributed by atoms with Crippen LogP contribution in [-0.4, -0.2) is 21.9 Å². The molecule has 2 unspecified atom stereocenters. The van der Waals surface area contributed by atoms with E-state index in [2.05, 4.69) is 9.97 Å². The molecule has 0 amide bonds. The van der Waals surface area contributed by atoms with Gasteiger partial charge in [-0.25, -0.2) is 4.98 Å². The van der Waals surface area contributed by atoms with Crippen LogP contribution >= 0.6 is 11.6 Å². The predicted molar refractivity (Wildman–Crippen MR) is 123 cm³/mol. The Hall–Kier alpha value is -4.03. The van der Waals surface area contributed by atoms with E-state index in [0.717, 1.165) is 17.0 Å². The molecule has 0 aliphatic carbocycles. The van der Waals surface area contributed by atoms with Crippen molar-refractivity contribution in [2.45, 2.75) is 25.1 Å². The van der Waals surface area contributed by atoms with Crippen LogP contribution in [0.2, 0.25) is 5.02 Å². The summed E-state index contributed by atoms with van der Waals surface area (Å²) in [7, 11) is 0. The summed E-state index contributed by atoms with van der Waals surface area (Å²) in [6.07, 6.45) is -4.87. The highest BCUT2D eigenvalue weighted by molar-refractivity contribution is 6.31. The third-order valence-corrected chi connectivity index (χ3v) is 5.43. The Morgan fingerprint density at radius 3 is 2.43 bits per heavy atom. The largest absolute Gasteiger partial charge is 0.483 e. The molecule has 0 saturated carbocycles. The van der Waals surface area contributed by atoms with Crippen LogP contribution in [0.1, 0.15) is 24.1 Å². The number of pyridine rings is 1. The van der Waals surface area contributed by atoms with Gasteiger partial charge in [-0.15, -0.1) is 0 Å². The zero-order valence-corrected chi connectivity index (χ0v) is 18.9. The van der Waals surface area contributed by atoms with Crippen molar-refractivity contribution in [2.24, 2.45) is 0 Å². The van der Waals surface area contributed by atoms with Gasteiger partial charge in [0.1, 0.15) is 22.4 Å². The van der Waals surface area contributed by atoms with Gasteiger partial charge in [0.25, 0.3) is 0 Å². The number of rotatable bonds is 7. The number of hydrogen-bond acceptors (Lipinski definition) is 5. The van der Waals surface area contributed by atoms with E-state index in [1.807, 2.05) is 30.3 Å². The Balaban J connectivity index is 1.42. The molecule has 0 aliphatic heterocycles. The van der Waals surface area contributed by atoms with E-state index >= 15 is 0 Å². The summed E-state index contributed by atoms with van der Waals surface area (Å²) >= 11 is 5.86. The number of alkyl halides is 3. The van der Waals surface area contributed by atoms with Crippen LogP contribution < -0.4 is 9.47 Å². The molecule has 35 heavy (non-hydrogen) atoms. The lowest BCUT2D eigenvalue weighted by molar-refractivity contribution is -0.137. The van der Waals surface area contributed by atoms with Gasteiger partial charge < -0.3 is 14.5 Å². The van der Waals surface area contributed by atoms with Crippen molar-refractivity contribution in [1.82, 2.24) is 9.97 Å². The molecule has 0 saturated heterocycles. The van der Waals surface area contributed by atoms with Crippen LogP contribution in [0.15, 0.2) is 66.9 Å². The van der Waals surface area contributed by atoms with Crippen molar-refractivity contribution in [1.29, 1.82) is 5.26 Å². The lowest BCUT2D eigenvalue weighted by Gasteiger charge is -2.16. The Morgan fingerprint density at radius 1 is 1.11 bits per heavy atom. The summed E-state index contributed by atoms with van der Waals surface area (Å²) < 4.78 is 49.4. The molecule has 4 rings (SSSR count). The number of nitriles is 1. The fourth-order valence-electron chi connectivity index (χ4n) is 3.39. The zero-order valence-electron chi connectivity index (χ0n) is 18.1. The van der Waals surface area contributed by atoms with Crippen LogP contribution in [0.5, 0.6) is 17.4 Å². The molecule has 0 bridgehead atoms. The van der Waals surface area contributed by atoms with Crippen molar-refractivity contribution in [2.75, 3.05) is 0 Å². The smallest absolute Gasteiger partial charge is 0.417 e. The number of ketones is 1. The Kier molecular flexibility index (Phi) is 6.67. The van der Waals surface area contributed by atoms with Gasteiger partial charge in [-0.3, -0.25) is 4.79 Å². The van der Waals surface area contributed by atoms with Gasteiger partial charge in [0, 0.05) is 17.4 Å². The lowest BCUT2D eigenvalue weighted by atomic mass is 9.98. The van der Waals surface area contributed by atoms with E-state index in [0.29, 0.717) is 17.6 Å². The van der Waals surface area contributed by atoms with Crippen LogP contribution in [0.25, 0.3) is 10.9 Å². The second-order valence-corrected chi connectivity index (χ2v) is 8.03. The molecule has 0 fully saturated rings. The third kappa shape index (κ3) is 5.39. The molecule has 0 radical (unpaired) electrons. The van der Waals surface area contributed by atoms with Gasteiger partial charge >= 0.3 is 6.18 Å². The average Bonchev–Trinajstić information content (AvgIpc) is 3.25. The standard InChI is InChI=1S/C25H17ClF3N3O3/c1-14(23(33)19(12-30)22-10-15-4-2-3-5-21(15)32-22)34-17-6-8-18(9-7-17)35-24-20(26)11-16(13-31-24)25(27,28)29/h2-11,13-14,19,32H,1H3. The molecule has 6 nitrogen and oxygen atoms in total. The van der Waals surface area contributed by atoms with Crippen molar-refractivity contribution < 1.29 is 27.4 Å². The molecule has 2 aromatic heterocycles. The van der Waals surface area contributed by atoms with Crippen LogP contribution in [0.4, 0.5) is 13.2 Å². The first-order chi connectivity index (χ1) is 16.7. The predicted octanol–water partition coefficient (Wildman–Crippen LogP) is 6.67. The second-order valence-electron chi connectivity index (χ2n) is 7.62. The quantitative estimate of drug-likeness (QED) is 0.307.